The standard InChI is InChI=1S/C16H20FNOS/c1-12(11-20-2)9-18-10-15-7-8-16(19-15)13-3-5-14(17)6-4-13/h3-8,12,18H,9-11H2,1-2H3. The van der Waals surface area contributed by atoms with Crippen molar-refractivity contribution < 1.29 is 8.81 Å². The molecule has 0 aliphatic carbocycles. The van der Waals surface area contributed by atoms with Crippen LogP contribution in [0.15, 0.2) is 40.8 Å². The maximum atomic E-state index is 12.9. The maximum absolute atomic E-state index is 12.9. The summed E-state index contributed by atoms with van der Waals surface area (Å²) in [6, 6.07) is 10.2. The van der Waals surface area contributed by atoms with Gasteiger partial charge in [-0.3, -0.25) is 0 Å². The van der Waals surface area contributed by atoms with E-state index in [4.69, 9.17) is 4.42 Å². The second-order valence-corrected chi connectivity index (χ2v) is 5.87. The molecule has 0 fully saturated rings. The molecule has 0 amide bonds. The van der Waals surface area contributed by atoms with Gasteiger partial charge in [0.05, 0.1) is 6.54 Å². The quantitative estimate of drug-likeness (QED) is 0.829. The van der Waals surface area contributed by atoms with Crippen LogP contribution in [0.1, 0.15) is 12.7 Å². The third-order valence-electron chi connectivity index (χ3n) is 3.03. The van der Waals surface area contributed by atoms with E-state index in [1.165, 1.54) is 12.1 Å². The summed E-state index contributed by atoms with van der Waals surface area (Å²) in [6.07, 6.45) is 2.12. The number of rotatable bonds is 7. The predicted octanol–water partition coefficient (Wildman–Crippen LogP) is 4.17. The van der Waals surface area contributed by atoms with E-state index in [0.717, 1.165) is 35.9 Å². The van der Waals surface area contributed by atoms with Crippen molar-refractivity contribution in [2.24, 2.45) is 5.92 Å². The molecule has 4 heteroatoms. The van der Waals surface area contributed by atoms with E-state index in [9.17, 15) is 4.39 Å². The fourth-order valence-corrected chi connectivity index (χ4v) is 2.71. The Bertz CT molecular complexity index is 524. The second kappa shape index (κ2) is 7.50. The van der Waals surface area contributed by atoms with Crippen LogP contribution in [0.25, 0.3) is 11.3 Å². The van der Waals surface area contributed by atoms with Crippen LogP contribution in [0.2, 0.25) is 0 Å². The SMILES string of the molecule is CSCC(C)CNCc1ccc(-c2ccc(F)cc2)o1. The zero-order chi connectivity index (χ0) is 14.4. The van der Waals surface area contributed by atoms with Gasteiger partial charge < -0.3 is 9.73 Å². The van der Waals surface area contributed by atoms with E-state index in [-0.39, 0.29) is 5.82 Å². The highest BCUT2D eigenvalue weighted by molar-refractivity contribution is 7.98. The molecule has 20 heavy (non-hydrogen) atoms. The van der Waals surface area contributed by atoms with Crippen molar-refractivity contribution >= 4 is 11.8 Å². The molecule has 1 aromatic carbocycles. The number of benzene rings is 1. The first-order valence-corrected chi connectivity index (χ1v) is 8.12. The van der Waals surface area contributed by atoms with Gasteiger partial charge in [0.1, 0.15) is 17.3 Å². The minimum Gasteiger partial charge on any atom is -0.460 e. The topological polar surface area (TPSA) is 25.2 Å². The molecule has 0 aliphatic rings. The van der Waals surface area contributed by atoms with Gasteiger partial charge in [-0.2, -0.15) is 11.8 Å². The summed E-state index contributed by atoms with van der Waals surface area (Å²) in [4.78, 5) is 0. The Kier molecular flexibility index (Phi) is 5.68. The zero-order valence-corrected chi connectivity index (χ0v) is 12.7. The Balaban J connectivity index is 1.87. The normalized spacial score (nSPS) is 12.6. The summed E-state index contributed by atoms with van der Waals surface area (Å²) < 4.78 is 18.6. The smallest absolute Gasteiger partial charge is 0.134 e. The molecule has 0 aliphatic heterocycles. The van der Waals surface area contributed by atoms with Gasteiger partial charge >= 0.3 is 0 Å². The molecular formula is C16H20FNOS. The van der Waals surface area contributed by atoms with Gasteiger partial charge in [-0.15, -0.1) is 0 Å². The maximum Gasteiger partial charge on any atom is 0.134 e. The lowest BCUT2D eigenvalue weighted by molar-refractivity contribution is 0.474. The van der Waals surface area contributed by atoms with E-state index < -0.39 is 0 Å². The molecule has 1 atom stereocenters. The minimum absolute atomic E-state index is 0.232. The third kappa shape index (κ3) is 4.39. The minimum atomic E-state index is -0.232. The lowest BCUT2D eigenvalue weighted by Gasteiger charge is -2.09. The van der Waals surface area contributed by atoms with Gasteiger partial charge in [0.2, 0.25) is 0 Å². The van der Waals surface area contributed by atoms with Crippen LogP contribution in [-0.4, -0.2) is 18.6 Å². The van der Waals surface area contributed by atoms with Crippen molar-refractivity contribution in [1.29, 1.82) is 0 Å². The summed E-state index contributed by atoms with van der Waals surface area (Å²) in [5.74, 6) is 3.26. The Labute approximate surface area is 123 Å². The van der Waals surface area contributed by atoms with Crippen LogP contribution < -0.4 is 5.32 Å². The lowest BCUT2D eigenvalue weighted by Crippen LogP contribution is -2.21. The summed E-state index contributed by atoms with van der Waals surface area (Å²) in [5, 5.41) is 3.39. The van der Waals surface area contributed by atoms with Gasteiger partial charge in [-0.25, -0.2) is 4.39 Å². The lowest BCUT2D eigenvalue weighted by atomic mass is 10.2. The highest BCUT2D eigenvalue weighted by atomic mass is 32.2. The van der Waals surface area contributed by atoms with Crippen LogP contribution in [0.5, 0.6) is 0 Å². The Hall–Kier alpha value is -1.26. The Morgan fingerprint density at radius 3 is 2.65 bits per heavy atom. The van der Waals surface area contributed by atoms with Gasteiger partial charge in [0.15, 0.2) is 0 Å². The van der Waals surface area contributed by atoms with Crippen molar-refractivity contribution in [3.8, 4) is 11.3 Å². The van der Waals surface area contributed by atoms with Gasteiger partial charge in [0.25, 0.3) is 0 Å². The predicted molar refractivity (Wildman–Crippen MR) is 83.4 cm³/mol. The fourth-order valence-electron chi connectivity index (χ4n) is 2.03. The van der Waals surface area contributed by atoms with E-state index in [1.807, 2.05) is 23.9 Å². The summed E-state index contributed by atoms with van der Waals surface area (Å²) in [5.41, 5.74) is 0.897. The van der Waals surface area contributed by atoms with Crippen molar-refractivity contribution in [3.05, 3.63) is 48.0 Å². The highest BCUT2D eigenvalue weighted by Crippen LogP contribution is 2.22. The zero-order valence-electron chi connectivity index (χ0n) is 11.9. The molecule has 2 aromatic rings. The van der Waals surface area contributed by atoms with E-state index in [1.54, 1.807) is 12.1 Å². The molecule has 0 saturated heterocycles. The first-order chi connectivity index (χ1) is 9.69. The summed E-state index contributed by atoms with van der Waals surface area (Å²) >= 11 is 1.86. The molecule has 108 valence electrons. The Morgan fingerprint density at radius 2 is 1.95 bits per heavy atom. The molecular weight excluding hydrogens is 273 g/mol. The van der Waals surface area contributed by atoms with Crippen LogP contribution in [0, 0.1) is 11.7 Å². The number of nitrogens with one attached hydrogen (secondary N) is 1. The molecule has 1 aromatic heterocycles. The number of halogens is 1. The average molecular weight is 293 g/mol. The second-order valence-electron chi connectivity index (χ2n) is 4.96. The summed E-state index contributed by atoms with van der Waals surface area (Å²) in [6.45, 7) is 3.93. The van der Waals surface area contributed by atoms with Crippen LogP contribution >= 0.6 is 11.8 Å². The molecule has 1 heterocycles. The largest absolute Gasteiger partial charge is 0.460 e. The average Bonchev–Trinajstić information content (AvgIpc) is 2.89. The van der Waals surface area contributed by atoms with E-state index in [0.29, 0.717) is 5.92 Å². The van der Waals surface area contributed by atoms with Gasteiger partial charge in [-0.1, -0.05) is 6.92 Å². The number of thioether (sulfide) groups is 1. The first-order valence-electron chi connectivity index (χ1n) is 6.73. The third-order valence-corrected chi connectivity index (χ3v) is 3.94. The van der Waals surface area contributed by atoms with Gasteiger partial charge in [0, 0.05) is 5.56 Å². The molecule has 0 spiro atoms. The molecule has 2 nitrogen and oxygen atoms in total. The van der Waals surface area contributed by atoms with E-state index in [2.05, 4.69) is 18.5 Å². The number of hydrogen-bond acceptors (Lipinski definition) is 3. The summed E-state index contributed by atoms with van der Waals surface area (Å²) in [7, 11) is 0. The molecule has 0 bridgehead atoms. The highest BCUT2D eigenvalue weighted by Gasteiger charge is 2.06. The van der Waals surface area contributed by atoms with Crippen molar-refractivity contribution in [2.75, 3.05) is 18.6 Å². The Morgan fingerprint density at radius 1 is 1.20 bits per heavy atom. The first kappa shape index (κ1) is 15.1. The monoisotopic (exact) mass is 293 g/mol. The molecule has 0 saturated carbocycles. The van der Waals surface area contributed by atoms with Crippen LogP contribution in [0.3, 0.4) is 0 Å². The molecule has 1 N–H and O–H groups in total. The number of furan rings is 1. The molecule has 0 radical (unpaired) electrons. The fraction of sp³-hybridized carbons (Fsp3) is 0.375. The molecule has 2 rings (SSSR count). The van der Waals surface area contributed by atoms with Crippen LogP contribution in [0.4, 0.5) is 4.39 Å². The van der Waals surface area contributed by atoms with Crippen molar-refractivity contribution in [1.82, 2.24) is 5.32 Å². The molecule has 1 unspecified atom stereocenters. The van der Waals surface area contributed by atoms with Crippen LogP contribution in [-0.2, 0) is 6.54 Å². The van der Waals surface area contributed by atoms with Gasteiger partial charge in [-0.05, 0) is 60.9 Å². The van der Waals surface area contributed by atoms with Crippen molar-refractivity contribution in [2.45, 2.75) is 13.5 Å². The van der Waals surface area contributed by atoms with E-state index >= 15 is 0 Å². The van der Waals surface area contributed by atoms with Crippen molar-refractivity contribution in [3.63, 3.8) is 0 Å². The number of hydrogen-bond donors (Lipinski definition) is 1.